The van der Waals surface area contributed by atoms with E-state index in [4.69, 9.17) is 0 Å². The van der Waals surface area contributed by atoms with Gasteiger partial charge in [0.2, 0.25) is 0 Å². The Bertz CT molecular complexity index is 722. The molecule has 1 aromatic heterocycles. The van der Waals surface area contributed by atoms with Gasteiger partial charge in [-0.25, -0.2) is 4.98 Å². The Morgan fingerprint density at radius 2 is 1.95 bits per heavy atom. The smallest absolute Gasteiger partial charge is 0.258 e. The Balaban J connectivity index is 1.61. The van der Waals surface area contributed by atoms with Crippen LogP contribution in [0.15, 0.2) is 29.1 Å². The minimum absolute atomic E-state index is 0.0159. The summed E-state index contributed by atoms with van der Waals surface area (Å²) in [7, 11) is 0. The number of H-pyrrole nitrogens is 1. The highest BCUT2D eigenvalue weighted by atomic mass is 16.1. The normalized spacial score (nSPS) is 26.0. The second kappa shape index (κ2) is 5.84. The molecule has 2 heterocycles. The second-order valence-corrected chi connectivity index (χ2v) is 6.75. The summed E-state index contributed by atoms with van der Waals surface area (Å²) < 4.78 is 0. The number of nitrogens with one attached hydrogen (secondary N) is 1. The Morgan fingerprint density at radius 1 is 1.14 bits per heavy atom. The van der Waals surface area contributed by atoms with E-state index in [1.54, 1.807) is 0 Å². The molecule has 0 bridgehead atoms. The van der Waals surface area contributed by atoms with Gasteiger partial charge in [0.15, 0.2) is 0 Å². The molecular formula is C18H23N3O. The molecule has 1 saturated carbocycles. The summed E-state index contributed by atoms with van der Waals surface area (Å²) in [5.41, 5.74) is 0.788. The molecular weight excluding hydrogens is 274 g/mol. The molecule has 0 unspecified atom stereocenters. The zero-order chi connectivity index (χ0) is 14.9. The third kappa shape index (κ3) is 2.56. The molecule has 1 aliphatic heterocycles. The minimum Gasteiger partial charge on any atom is -0.309 e. The average molecular weight is 297 g/mol. The monoisotopic (exact) mass is 297 g/mol. The fourth-order valence-electron chi connectivity index (χ4n) is 4.33. The van der Waals surface area contributed by atoms with Crippen LogP contribution < -0.4 is 5.56 Å². The fraction of sp³-hybridized carbons (Fsp3) is 0.556. The average Bonchev–Trinajstić information content (AvgIpc) is 2.55. The molecule has 4 heteroatoms. The summed E-state index contributed by atoms with van der Waals surface area (Å²) in [6.07, 6.45) is 8.08. The van der Waals surface area contributed by atoms with Gasteiger partial charge in [0.05, 0.1) is 17.4 Å². The van der Waals surface area contributed by atoms with Crippen molar-refractivity contribution >= 4 is 10.9 Å². The van der Waals surface area contributed by atoms with Crippen molar-refractivity contribution in [3.8, 4) is 0 Å². The molecule has 2 aromatic rings. The quantitative estimate of drug-likeness (QED) is 0.926. The first-order chi connectivity index (χ1) is 10.8. The van der Waals surface area contributed by atoms with Crippen LogP contribution in [0.3, 0.4) is 0 Å². The van der Waals surface area contributed by atoms with Gasteiger partial charge in [-0.3, -0.25) is 9.69 Å². The molecule has 22 heavy (non-hydrogen) atoms. The highest BCUT2D eigenvalue weighted by Gasteiger charge is 2.33. The van der Waals surface area contributed by atoms with Gasteiger partial charge in [0, 0.05) is 6.04 Å². The molecule has 1 aliphatic carbocycles. The van der Waals surface area contributed by atoms with Gasteiger partial charge >= 0.3 is 0 Å². The number of piperidine rings is 1. The van der Waals surface area contributed by atoms with E-state index in [2.05, 4.69) is 14.9 Å². The standard InChI is InChI=1S/C18H23N3O/c22-18-14-8-2-3-9-15(14)19-17(20-18)12-21-11-5-7-13-6-1-4-10-16(13)21/h2-3,8-9,13,16H,1,4-7,10-12H2,(H,19,20,22)/t13-,16-/m0/s1. The van der Waals surface area contributed by atoms with Gasteiger partial charge in [-0.15, -0.1) is 0 Å². The lowest BCUT2D eigenvalue weighted by atomic mass is 9.78. The van der Waals surface area contributed by atoms with Crippen molar-refractivity contribution in [1.82, 2.24) is 14.9 Å². The summed E-state index contributed by atoms with van der Waals surface area (Å²) in [6.45, 7) is 1.92. The number of rotatable bonds is 2. The Morgan fingerprint density at radius 3 is 2.91 bits per heavy atom. The van der Waals surface area contributed by atoms with Crippen LogP contribution in [0.1, 0.15) is 44.3 Å². The largest absolute Gasteiger partial charge is 0.309 e. The first-order valence-electron chi connectivity index (χ1n) is 8.53. The number of aromatic amines is 1. The third-order valence-corrected chi connectivity index (χ3v) is 5.37. The number of hydrogen-bond donors (Lipinski definition) is 1. The van der Waals surface area contributed by atoms with E-state index < -0.39 is 0 Å². The van der Waals surface area contributed by atoms with Gasteiger partial charge in [0.1, 0.15) is 5.82 Å². The molecule has 4 rings (SSSR count). The molecule has 1 N–H and O–H groups in total. The Labute approximate surface area is 130 Å². The molecule has 1 aromatic carbocycles. The number of hydrogen-bond acceptors (Lipinski definition) is 3. The molecule has 2 fully saturated rings. The van der Waals surface area contributed by atoms with Crippen LogP contribution in [0, 0.1) is 5.92 Å². The number of aromatic nitrogens is 2. The van der Waals surface area contributed by atoms with Gasteiger partial charge in [-0.1, -0.05) is 25.0 Å². The predicted molar refractivity (Wildman–Crippen MR) is 87.8 cm³/mol. The van der Waals surface area contributed by atoms with Crippen molar-refractivity contribution in [1.29, 1.82) is 0 Å². The van der Waals surface area contributed by atoms with E-state index >= 15 is 0 Å². The zero-order valence-electron chi connectivity index (χ0n) is 12.9. The van der Waals surface area contributed by atoms with E-state index in [1.807, 2.05) is 24.3 Å². The summed E-state index contributed by atoms with van der Waals surface area (Å²) >= 11 is 0. The number of nitrogens with zero attached hydrogens (tertiary/aromatic N) is 2. The second-order valence-electron chi connectivity index (χ2n) is 6.75. The summed E-state index contributed by atoms with van der Waals surface area (Å²) in [5, 5.41) is 0.681. The first-order valence-corrected chi connectivity index (χ1v) is 8.53. The molecule has 0 amide bonds. The van der Waals surface area contributed by atoms with Crippen molar-refractivity contribution in [2.45, 2.75) is 51.1 Å². The highest BCUT2D eigenvalue weighted by molar-refractivity contribution is 5.77. The Kier molecular flexibility index (Phi) is 3.70. The predicted octanol–water partition coefficient (Wildman–Crippen LogP) is 3.08. The lowest BCUT2D eigenvalue weighted by Crippen LogP contribution is -2.46. The van der Waals surface area contributed by atoms with Crippen molar-refractivity contribution in [3.05, 3.63) is 40.4 Å². The van der Waals surface area contributed by atoms with Crippen LogP contribution in [0.4, 0.5) is 0 Å². The van der Waals surface area contributed by atoms with E-state index in [1.165, 1.54) is 38.5 Å². The molecule has 116 valence electrons. The summed E-state index contributed by atoms with van der Waals surface area (Å²) in [5.74, 6) is 1.67. The molecule has 2 atom stereocenters. The number of para-hydroxylation sites is 1. The zero-order valence-corrected chi connectivity index (χ0v) is 12.9. The molecule has 0 radical (unpaired) electrons. The lowest BCUT2D eigenvalue weighted by molar-refractivity contribution is 0.0527. The van der Waals surface area contributed by atoms with E-state index in [-0.39, 0.29) is 5.56 Å². The first kappa shape index (κ1) is 13.9. The van der Waals surface area contributed by atoms with Crippen LogP contribution in [0.25, 0.3) is 10.9 Å². The van der Waals surface area contributed by atoms with Gasteiger partial charge in [-0.2, -0.15) is 0 Å². The minimum atomic E-state index is -0.0159. The van der Waals surface area contributed by atoms with E-state index in [0.29, 0.717) is 11.4 Å². The van der Waals surface area contributed by atoms with Gasteiger partial charge in [-0.05, 0) is 50.3 Å². The van der Waals surface area contributed by atoms with Crippen LogP contribution in [-0.4, -0.2) is 27.5 Å². The maximum atomic E-state index is 12.2. The third-order valence-electron chi connectivity index (χ3n) is 5.37. The summed E-state index contributed by atoms with van der Waals surface area (Å²) in [4.78, 5) is 22.4. The SMILES string of the molecule is O=c1[nH]c(CN2CCC[C@@H]3CCCC[C@@H]32)nc2ccccc12. The number of benzene rings is 1. The molecule has 0 spiro atoms. The molecule has 2 aliphatic rings. The fourth-order valence-corrected chi connectivity index (χ4v) is 4.33. The molecule has 4 nitrogen and oxygen atoms in total. The topological polar surface area (TPSA) is 49.0 Å². The Hall–Kier alpha value is -1.68. The maximum Gasteiger partial charge on any atom is 0.258 e. The lowest BCUT2D eigenvalue weighted by Gasteiger charge is -2.43. The van der Waals surface area contributed by atoms with E-state index in [0.717, 1.165) is 30.3 Å². The van der Waals surface area contributed by atoms with Crippen LogP contribution in [-0.2, 0) is 6.54 Å². The van der Waals surface area contributed by atoms with Crippen molar-refractivity contribution in [3.63, 3.8) is 0 Å². The van der Waals surface area contributed by atoms with Crippen molar-refractivity contribution in [2.75, 3.05) is 6.54 Å². The van der Waals surface area contributed by atoms with Crippen molar-refractivity contribution in [2.24, 2.45) is 5.92 Å². The van der Waals surface area contributed by atoms with Crippen molar-refractivity contribution < 1.29 is 0 Å². The van der Waals surface area contributed by atoms with Crippen LogP contribution in [0.2, 0.25) is 0 Å². The van der Waals surface area contributed by atoms with Crippen LogP contribution in [0.5, 0.6) is 0 Å². The number of likely N-dealkylation sites (tertiary alicyclic amines) is 1. The van der Waals surface area contributed by atoms with Crippen LogP contribution >= 0.6 is 0 Å². The van der Waals surface area contributed by atoms with E-state index in [9.17, 15) is 4.79 Å². The summed E-state index contributed by atoms with van der Waals surface area (Å²) in [6, 6.07) is 8.28. The highest BCUT2D eigenvalue weighted by Crippen LogP contribution is 2.35. The maximum absolute atomic E-state index is 12.2. The van der Waals surface area contributed by atoms with Gasteiger partial charge in [0.25, 0.3) is 5.56 Å². The molecule has 1 saturated heterocycles. The number of fused-ring (bicyclic) bond motifs is 2. The van der Waals surface area contributed by atoms with Gasteiger partial charge < -0.3 is 4.98 Å².